The van der Waals surface area contributed by atoms with Gasteiger partial charge in [0.1, 0.15) is 10.0 Å². The van der Waals surface area contributed by atoms with Crippen molar-refractivity contribution in [3.63, 3.8) is 0 Å². The van der Waals surface area contributed by atoms with Crippen LogP contribution in [0.15, 0.2) is 42.5 Å². The van der Waals surface area contributed by atoms with Gasteiger partial charge < -0.3 is 14.8 Å². The van der Waals surface area contributed by atoms with E-state index in [9.17, 15) is 4.79 Å². The van der Waals surface area contributed by atoms with E-state index >= 15 is 0 Å². The van der Waals surface area contributed by atoms with Crippen LogP contribution in [-0.4, -0.2) is 43.1 Å². The number of benzene rings is 2. The maximum Gasteiger partial charge on any atom is 0.256 e. The predicted molar refractivity (Wildman–Crippen MR) is 142 cm³/mol. The number of thiophene rings is 1. The Morgan fingerprint density at radius 3 is 2.65 bits per heavy atom. The van der Waals surface area contributed by atoms with E-state index in [1.165, 1.54) is 10.4 Å². The number of thiazole rings is 1. The van der Waals surface area contributed by atoms with Crippen molar-refractivity contribution >= 4 is 56.2 Å². The fourth-order valence-electron chi connectivity index (χ4n) is 4.17. The summed E-state index contributed by atoms with van der Waals surface area (Å²) < 4.78 is 11.8. The summed E-state index contributed by atoms with van der Waals surface area (Å²) in [5, 5.41) is 5.00. The van der Waals surface area contributed by atoms with Gasteiger partial charge >= 0.3 is 0 Å². The normalized spacial score (nSPS) is 13.3. The number of methoxy groups -OCH3 is 2. The summed E-state index contributed by atoms with van der Waals surface area (Å²) in [5.74, 6) is 0.945. The number of anilines is 1. The van der Waals surface area contributed by atoms with Crippen LogP contribution in [0.3, 0.4) is 0 Å². The number of halogens is 1. The molecule has 1 N–H and O–H groups in total. The molecule has 0 saturated carbocycles. The molecular weight excluding hydrogens is 490 g/mol. The van der Waals surface area contributed by atoms with Crippen LogP contribution < -0.4 is 14.8 Å². The molecular formula is C25H26ClN3O3S2. The Balaban J connectivity index is 0.00000274. The first-order valence-corrected chi connectivity index (χ1v) is 12.5. The van der Waals surface area contributed by atoms with Crippen LogP contribution in [0.4, 0.5) is 5.00 Å². The summed E-state index contributed by atoms with van der Waals surface area (Å²) in [6.45, 7) is 5.12. The van der Waals surface area contributed by atoms with Gasteiger partial charge in [-0.05, 0) is 48.9 Å². The van der Waals surface area contributed by atoms with Crippen LogP contribution in [0.25, 0.3) is 20.8 Å². The van der Waals surface area contributed by atoms with Crippen LogP contribution in [0.5, 0.6) is 11.5 Å². The number of ether oxygens (including phenoxy) is 2. The molecule has 1 aliphatic heterocycles. The number of para-hydroxylation sites is 1. The van der Waals surface area contributed by atoms with Crippen molar-refractivity contribution in [2.24, 2.45) is 0 Å². The summed E-state index contributed by atoms with van der Waals surface area (Å²) in [5.41, 5.74) is 3.89. The number of carbonyl (C=O) groups excluding carboxylic acids is 1. The Kier molecular flexibility index (Phi) is 7.42. The van der Waals surface area contributed by atoms with Gasteiger partial charge in [0, 0.05) is 29.1 Å². The van der Waals surface area contributed by atoms with Crippen molar-refractivity contribution in [2.75, 3.05) is 32.6 Å². The Morgan fingerprint density at radius 1 is 1.12 bits per heavy atom. The molecule has 0 atom stereocenters. The van der Waals surface area contributed by atoms with Crippen molar-refractivity contribution in [1.29, 1.82) is 0 Å². The van der Waals surface area contributed by atoms with Crippen molar-refractivity contribution in [2.45, 2.75) is 19.9 Å². The molecule has 9 heteroatoms. The minimum atomic E-state index is -0.177. The van der Waals surface area contributed by atoms with Crippen molar-refractivity contribution in [1.82, 2.24) is 9.88 Å². The Morgan fingerprint density at radius 2 is 1.91 bits per heavy atom. The molecule has 6 nitrogen and oxygen atoms in total. The fraction of sp³-hybridized carbons (Fsp3) is 0.280. The second kappa shape index (κ2) is 10.3. The second-order valence-corrected chi connectivity index (χ2v) is 9.97. The molecule has 0 fully saturated rings. The number of aromatic nitrogens is 1. The number of nitrogens with zero attached hydrogens (tertiary/aromatic N) is 2. The van der Waals surface area contributed by atoms with Crippen LogP contribution in [0.2, 0.25) is 0 Å². The molecule has 2 aromatic carbocycles. The van der Waals surface area contributed by atoms with Gasteiger partial charge in [0.05, 0.1) is 24.4 Å². The van der Waals surface area contributed by atoms with E-state index in [1.54, 1.807) is 55.1 Å². The lowest BCUT2D eigenvalue weighted by Crippen LogP contribution is -2.29. The SMILES string of the molecule is CCN1CCc2c(sc(NC(=O)c3ccc(OC)c(OC)c3)c2-c2nc3ccccc3s2)C1.Cl. The number of nitrogens with one attached hydrogen (secondary N) is 1. The number of hydrogen-bond acceptors (Lipinski definition) is 7. The zero-order valence-electron chi connectivity index (χ0n) is 19.2. The average Bonchev–Trinajstić information content (AvgIpc) is 3.43. The summed E-state index contributed by atoms with van der Waals surface area (Å²) in [4.78, 5) is 21.9. The first-order chi connectivity index (χ1) is 16.1. The fourth-order valence-corrected chi connectivity index (χ4v) is 6.57. The maximum absolute atomic E-state index is 13.2. The molecule has 3 heterocycles. The third-order valence-electron chi connectivity index (χ3n) is 5.96. The highest BCUT2D eigenvalue weighted by molar-refractivity contribution is 7.23. The zero-order chi connectivity index (χ0) is 22.9. The highest BCUT2D eigenvalue weighted by Crippen LogP contribution is 2.45. The highest BCUT2D eigenvalue weighted by atomic mass is 35.5. The summed E-state index contributed by atoms with van der Waals surface area (Å²) in [6, 6.07) is 13.4. The van der Waals surface area contributed by atoms with Gasteiger partial charge in [-0.15, -0.1) is 35.1 Å². The lowest BCUT2D eigenvalue weighted by atomic mass is 10.0. The number of fused-ring (bicyclic) bond motifs is 2. The average molecular weight is 516 g/mol. The molecule has 0 aliphatic carbocycles. The molecule has 0 saturated heterocycles. The zero-order valence-corrected chi connectivity index (χ0v) is 21.7. The molecule has 1 amide bonds. The van der Waals surface area contributed by atoms with E-state index in [0.29, 0.717) is 17.1 Å². The Labute approximate surface area is 212 Å². The van der Waals surface area contributed by atoms with Crippen molar-refractivity contribution in [3.8, 4) is 22.1 Å². The van der Waals surface area contributed by atoms with Crippen LogP contribution in [0, 0.1) is 0 Å². The van der Waals surface area contributed by atoms with Crippen LogP contribution >= 0.6 is 35.1 Å². The van der Waals surface area contributed by atoms with Gasteiger partial charge in [-0.2, -0.15) is 0 Å². The van der Waals surface area contributed by atoms with E-state index < -0.39 is 0 Å². The molecule has 0 spiro atoms. The van der Waals surface area contributed by atoms with Gasteiger partial charge in [0.2, 0.25) is 0 Å². The lowest BCUT2D eigenvalue weighted by molar-refractivity contribution is 0.102. The molecule has 1 aliphatic rings. The van der Waals surface area contributed by atoms with Gasteiger partial charge in [-0.1, -0.05) is 19.1 Å². The molecule has 2 aromatic heterocycles. The number of likely N-dealkylation sites (N-methyl/N-ethyl adjacent to an activating group) is 1. The largest absolute Gasteiger partial charge is 0.493 e. The topological polar surface area (TPSA) is 63.7 Å². The highest BCUT2D eigenvalue weighted by Gasteiger charge is 2.27. The van der Waals surface area contributed by atoms with Crippen molar-refractivity contribution in [3.05, 3.63) is 58.5 Å². The molecule has 34 heavy (non-hydrogen) atoms. The summed E-state index contributed by atoms with van der Waals surface area (Å²) in [6.07, 6.45) is 0.956. The molecule has 0 unspecified atom stereocenters. The minimum Gasteiger partial charge on any atom is -0.493 e. The maximum atomic E-state index is 13.2. The van der Waals surface area contributed by atoms with Gasteiger partial charge in [0.25, 0.3) is 5.91 Å². The number of hydrogen-bond donors (Lipinski definition) is 1. The predicted octanol–water partition coefficient (Wildman–Crippen LogP) is 6.09. The van der Waals surface area contributed by atoms with Crippen molar-refractivity contribution < 1.29 is 14.3 Å². The van der Waals surface area contributed by atoms with Gasteiger partial charge in [-0.3, -0.25) is 9.69 Å². The van der Waals surface area contributed by atoms with E-state index in [2.05, 4.69) is 23.2 Å². The molecule has 5 rings (SSSR count). The summed E-state index contributed by atoms with van der Waals surface area (Å²) in [7, 11) is 3.15. The van der Waals surface area contributed by atoms with Crippen LogP contribution in [-0.2, 0) is 13.0 Å². The number of amides is 1. The standard InChI is InChI=1S/C25H25N3O3S2.ClH/c1-4-28-12-11-16-21(14-28)33-25(22(16)24-26-17-7-5-6-8-20(17)32-24)27-23(29)15-9-10-18(30-2)19(13-15)31-3;/h5-10,13H,4,11-12,14H2,1-3H3,(H,27,29);1H. The minimum absolute atomic E-state index is 0. The third-order valence-corrected chi connectivity index (χ3v) is 8.15. The van der Waals surface area contributed by atoms with Gasteiger partial charge in [0.15, 0.2) is 11.5 Å². The Bertz CT molecular complexity index is 1300. The quantitative estimate of drug-likeness (QED) is 0.336. The lowest BCUT2D eigenvalue weighted by Gasteiger charge is -2.25. The Hall–Kier alpha value is -2.65. The number of carbonyl (C=O) groups is 1. The van der Waals surface area contributed by atoms with E-state index in [1.807, 2.05) is 18.2 Å². The first kappa shape index (κ1) is 24.5. The number of rotatable bonds is 6. The molecule has 4 aromatic rings. The molecule has 0 bridgehead atoms. The van der Waals surface area contributed by atoms with E-state index in [-0.39, 0.29) is 18.3 Å². The second-order valence-electron chi connectivity index (χ2n) is 7.84. The van der Waals surface area contributed by atoms with Gasteiger partial charge in [-0.25, -0.2) is 4.98 Å². The monoisotopic (exact) mass is 515 g/mol. The smallest absolute Gasteiger partial charge is 0.256 e. The molecule has 178 valence electrons. The van der Waals surface area contributed by atoms with Crippen LogP contribution in [0.1, 0.15) is 27.7 Å². The third kappa shape index (κ3) is 4.51. The molecule has 0 radical (unpaired) electrons. The van der Waals surface area contributed by atoms with E-state index in [4.69, 9.17) is 14.5 Å². The van der Waals surface area contributed by atoms with E-state index in [0.717, 1.165) is 51.8 Å². The first-order valence-electron chi connectivity index (χ1n) is 10.9. The summed E-state index contributed by atoms with van der Waals surface area (Å²) >= 11 is 3.34.